The van der Waals surface area contributed by atoms with Crippen molar-refractivity contribution >= 4 is 0 Å². The number of piperidine rings is 1. The number of aliphatic hydroxyl groups is 1. The van der Waals surface area contributed by atoms with Gasteiger partial charge in [-0.25, -0.2) is 0 Å². The van der Waals surface area contributed by atoms with Gasteiger partial charge in [0.05, 0.1) is 32.0 Å². The zero-order chi connectivity index (χ0) is 22.9. The van der Waals surface area contributed by atoms with Crippen molar-refractivity contribution in [1.29, 1.82) is 0 Å². The first-order chi connectivity index (χ1) is 16.2. The molecule has 0 spiro atoms. The molecular weight excluding hydrogens is 410 g/mol. The molecule has 3 aromatic rings. The van der Waals surface area contributed by atoms with Gasteiger partial charge in [-0.05, 0) is 36.5 Å². The first kappa shape index (κ1) is 23.7. The lowest BCUT2D eigenvalue weighted by Crippen LogP contribution is -2.53. The molecule has 1 saturated heterocycles. The molecule has 0 saturated carbocycles. The molecule has 0 amide bonds. The van der Waals surface area contributed by atoms with Crippen molar-refractivity contribution in [3.05, 3.63) is 108 Å². The molecule has 33 heavy (non-hydrogen) atoms. The zero-order valence-corrected chi connectivity index (χ0v) is 19.4. The van der Waals surface area contributed by atoms with Crippen LogP contribution in [0.25, 0.3) is 0 Å². The average molecular weight is 446 g/mol. The summed E-state index contributed by atoms with van der Waals surface area (Å²) < 4.78 is 12.7. The summed E-state index contributed by atoms with van der Waals surface area (Å²) >= 11 is 0. The third-order valence-corrected chi connectivity index (χ3v) is 6.57. The van der Waals surface area contributed by atoms with E-state index in [1.165, 1.54) is 5.56 Å². The Bertz CT molecular complexity index is 935. The number of benzene rings is 3. The van der Waals surface area contributed by atoms with Crippen LogP contribution in [0.15, 0.2) is 91.0 Å². The zero-order valence-electron chi connectivity index (χ0n) is 19.4. The topological polar surface area (TPSA) is 41.9 Å². The highest BCUT2D eigenvalue weighted by atomic mass is 16.5. The number of likely N-dealkylation sites (tertiary alicyclic amines) is 1. The molecule has 4 heteroatoms. The van der Waals surface area contributed by atoms with Crippen LogP contribution < -0.4 is 0 Å². The summed E-state index contributed by atoms with van der Waals surface area (Å²) in [6, 6.07) is 31.4. The maximum absolute atomic E-state index is 10.6. The average Bonchev–Trinajstić information content (AvgIpc) is 2.87. The van der Waals surface area contributed by atoms with E-state index in [9.17, 15) is 5.11 Å². The van der Waals surface area contributed by atoms with E-state index in [-0.39, 0.29) is 24.3 Å². The smallest absolute Gasteiger partial charge is 0.0969 e. The van der Waals surface area contributed by atoms with E-state index < -0.39 is 0 Å². The SMILES string of the molecule is C[C@H](c1ccccc1)N1CC[C@H](O)C[C@H]1[C@H](COCc1ccccc1)OCc1ccccc1. The largest absolute Gasteiger partial charge is 0.393 e. The maximum atomic E-state index is 10.6. The Balaban J connectivity index is 1.50. The fraction of sp³-hybridized carbons (Fsp3) is 0.379. The molecule has 4 atom stereocenters. The van der Waals surface area contributed by atoms with E-state index in [1.54, 1.807) is 0 Å². The van der Waals surface area contributed by atoms with Gasteiger partial charge in [-0.2, -0.15) is 0 Å². The molecule has 0 bridgehead atoms. The Labute approximate surface area is 197 Å². The number of hydrogen-bond donors (Lipinski definition) is 1. The van der Waals surface area contributed by atoms with E-state index in [0.717, 1.165) is 24.1 Å². The highest BCUT2D eigenvalue weighted by Crippen LogP contribution is 2.31. The van der Waals surface area contributed by atoms with Gasteiger partial charge in [0.25, 0.3) is 0 Å². The Kier molecular flexibility index (Phi) is 8.67. The van der Waals surface area contributed by atoms with Gasteiger partial charge in [-0.3, -0.25) is 4.90 Å². The van der Waals surface area contributed by atoms with Gasteiger partial charge in [-0.1, -0.05) is 91.0 Å². The lowest BCUT2D eigenvalue weighted by Gasteiger charge is -2.45. The summed E-state index contributed by atoms with van der Waals surface area (Å²) in [5.41, 5.74) is 3.58. The van der Waals surface area contributed by atoms with Crippen molar-refractivity contribution < 1.29 is 14.6 Å². The molecular formula is C29H35NO3. The second kappa shape index (κ2) is 12.1. The molecule has 4 rings (SSSR count). The number of rotatable bonds is 10. The van der Waals surface area contributed by atoms with Crippen molar-refractivity contribution in [3.8, 4) is 0 Å². The van der Waals surface area contributed by atoms with Crippen LogP contribution in [0.4, 0.5) is 0 Å². The van der Waals surface area contributed by atoms with Crippen LogP contribution in [0.1, 0.15) is 42.5 Å². The predicted molar refractivity (Wildman–Crippen MR) is 132 cm³/mol. The Morgan fingerprint density at radius 1 is 0.848 bits per heavy atom. The third kappa shape index (κ3) is 6.75. The molecule has 3 aromatic carbocycles. The van der Waals surface area contributed by atoms with Gasteiger partial charge in [0.1, 0.15) is 0 Å². The first-order valence-electron chi connectivity index (χ1n) is 12.0. The molecule has 1 heterocycles. The van der Waals surface area contributed by atoms with Crippen LogP contribution in [0.2, 0.25) is 0 Å². The minimum atomic E-state index is -0.314. The summed E-state index contributed by atoms with van der Waals surface area (Å²) in [6.45, 7) is 4.65. The van der Waals surface area contributed by atoms with Crippen LogP contribution in [0, 0.1) is 0 Å². The third-order valence-electron chi connectivity index (χ3n) is 6.57. The van der Waals surface area contributed by atoms with E-state index in [4.69, 9.17) is 9.47 Å². The molecule has 1 fully saturated rings. The van der Waals surface area contributed by atoms with E-state index in [0.29, 0.717) is 26.2 Å². The van der Waals surface area contributed by atoms with Gasteiger partial charge >= 0.3 is 0 Å². The molecule has 1 N–H and O–H groups in total. The van der Waals surface area contributed by atoms with Crippen LogP contribution in [-0.4, -0.2) is 41.4 Å². The molecule has 1 aliphatic rings. The molecule has 0 aromatic heterocycles. The fourth-order valence-electron chi connectivity index (χ4n) is 4.68. The van der Waals surface area contributed by atoms with Crippen LogP contribution in [0.5, 0.6) is 0 Å². The quantitative estimate of drug-likeness (QED) is 0.455. The molecule has 0 unspecified atom stereocenters. The summed E-state index contributed by atoms with van der Waals surface area (Å²) in [5, 5.41) is 10.6. The van der Waals surface area contributed by atoms with Crippen molar-refractivity contribution in [2.45, 2.75) is 57.3 Å². The van der Waals surface area contributed by atoms with Gasteiger partial charge in [0.15, 0.2) is 0 Å². The van der Waals surface area contributed by atoms with Crippen LogP contribution >= 0.6 is 0 Å². The summed E-state index contributed by atoms with van der Waals surface area (Å²) in [6.07, 6.45) is 1.01. The van der Waals surface area contributed by atoms with E-state index in [1.807, 2.05) is 36.4 Å². The second-order valence-corrected chi connectivity index (χ2v) is 8.91. The molecule has 0 aliphatic carbocycles. The normalized spacial score (nSPS) is 20.9. The number of aliphatic hydroxyl groups excluding tert-OH is 1. The number of ether oxygens (including phenoxy) is 2. The minimum Gasteiger partial charge on any atom is -0.393 e. The molecule has 1 aliphatic heterocycles. The predicted octanol–water partition coefficient (Wildman–Crippen LogP) is 5.38. The summed E-state index contributed by atoms with van der Waals surface area (Å²) in [4.78, 5) is 2.49. The molecule has 0 radical (unpaired) electrons. The number of nitrogens with zero attached hydrogens (tertiary/aromatic N) is 1. The van der Waals surface area contributed by atoms with E-state index in [2.05, 4.69) is 66.4 Å². The number of hydrogen-bond acceptors (Lipinski definition) is 4. The van der Waals surface area contributed by atoms with Crippen molar-refractivity contribution in [1.82, 2.24) is 4.90 Å². The van der Waals surface area contributed by atoms with Crippen molar-refractivity contribution in [3.63, 3.8) is 0 Å². The minimum absolute atomic E-state index is 0.0726. The van der Waals surface area contributed by atoms with Crippen LogP contribution in [0.3, 0.4) is 0 Å². The standard InChI is InChI=1S/C29H35NO3/c1-23(26-15-9-4-10-16-26)30-18-17-27(31)19-28(30)29(33-21-25-13-7-3-8-14-25)22-32-20-24-11-5-2-6-12-24/h2-16,23,27-29,31H,17-22H2,1H3/t23-,27+,28+,29+/m1/s1. The van der Waals surface area contributed by atoms with Gasteiger partial charge in [0.2, 0.25) is 0 Å². The highest BCUT2D eigenvalue weighted by molar-refractivity contribution is 5.19. The fourth-order valence-corrected chi connectivity index (χ4v) is 4.68. The van der Waals surface area contributed by atoms with E-state index >= 15 is 0 Å². The Morgan fingerprint density at radius 2 is 1.42 bits per heavy atom. The van der Waals surface area contributed by atoms with Crippen LogP contribution in [-0.2, 0) is 22.7 Å². The maximum Gasteiger partial charge on any atom is 0.0969 e. The van der Waals surface area contributed by atoms with Crippen molar-refractivity contribution in [2.75, 3.05) is 13.2 Å². The summed E-state index contributed by atoms with van der Waals surface area (Å²) in [7, 11) is 0. The lowest BCUT2D eigenvalue weighted by molar-refractivity contribution is -0.104. The van der Waals surface area contributed by atoms with Gasteiger partial charge < -0.3 is 14.6 Å². The molecule has 4 nitrogen and oxygen atoms in total. The van der Waals surface area contributed by atoms with Gasteiger partial charge in [-0.15, -0.1) is 0 Å². The summed E-state index contributed by atoms with van der Waals surface area (Å²) in [5.74, 6) is 0. The lowest BCUT2D eigenvalue weighted by atomic mass is 9.92. The molecule has 174 valence electrons. The first-order valence-corrected chi connectivity index (χ1v) is 12.0. The van der Waals surface area contributed by atoms with Gasteiger partial charge in [0, 0.05) is 18.6 Å². The monoisotopic (exact) mass is 445 g/mol. The Hall–Kier alpha value is -2.50. The second-order valence-electron chi connectivity index (χ2n) is 8.91. The Morgan fingerprint density at radius 3 is 2.06 bits per heavy atom. The van der Waals surface area contributed by atoms with Crippen molar-refractivity contribution in [2.24, 2.45) is 0 Å². The highest BCUT2D eigenvalue weighted by Gasteiger charge is 2.37.